The topological polar surface area (TPSA) is 87.8 Å². The highest BCUT2D eigenvalue weighted by Gasteiger charge is 2.11. The van der Waals surface area contributed by atoms with Crippen molar-refractivity contribution < 1.29 is 14.6 Å². The van der Waals surface area contributed by atoms with Gasteiger partial charge in [-0.3, -0.25) is 4.79 Å². The molecule has 1 aromatic carbocycles. The Bertz CT molecular complexity index is 471. The number of hydrogen-bond donors (Lipinski definition) is 3. The quantitative estimate of drug-likeness (QED) is 0.627. The molecule has 4 N–H and O–H groups in total. The van der Waals surface area contributed by atoms with Crippen molar-refractivity contribution in [2.24, 2.45) is 0 Å². The lowest BCUT2D eigenvalue weighted by Gasteiger charge is -2.19. The first kappa shape index (κ1) is 17.7. The molecule has 0 bridgehead atoms. The van der Waals surface area contributed by atoms with Gasteiger partial charge in [0.25, 0.3) is 0 Å². The zero-order chi connectivity index (χ0) is 15.8. The number of rotatable bonds is 8. The summed E-state index contributed by atoms with van der Waals surface area (Å²) in [6, 6.07) is 4.93. The van der Waals surface area contributed by atoms with Crippen molar-refractivity contribution in [3.63, 3.8) is 0 Å². The second kappa shape index (κ2) is 8.84. The van der Waals surface area contributed by atoms with Crippen molar-refractivity contribution >= 4 is 28.9 Å². The number of nitrogens with zero attached hydrogens (tertiary/aromatic N) is 1. The second-order valence-electron chi connectivity index (χ2n) is 4.91. The number of ether oxygens (including phenoxy) is 1. The van der Waals surface area contributed by atoms with Gasteiger partial charge in [0, 0.05) is 32.3 Å². The number of methoxy groups -OCH3 is 1. The number of aliphatic hydroxyl groups is 1. The van der Waals surface area contributed by atoms with E-state index in [4.69, 9.17) is 22.1 Å². The van der Waals surface area contributed by atoms with Gasteiger partial charge in [-0.2, -0.15) is 0 Å². The molecule has 0 radical (unpaired) electrons. The third kappa shape index (κ3) is 6.77. The summed E-state index contributed by atoms with van der Waals surface area (Å²) < 4.78 is 4.85. The molecule has 0 saturated carbocycles. The van der Waals surface area contributed by atoms with Crippen LogP contribution in [-0.4, -0.2) is 55.9 Å². The molecule has 0 heterocycles. The normalized spacial score (nSPS) is 12.4. The van der Waals surface area contributed by atoms with Crippen LogP contribution in [-0.2, 0) is 9.53 Å². The van der Waals surface area contributed by atoms with Gasteiger partial charge in [-0.1, -0.05) is 11.6 Å². The first-order valence-electron chi connectivity index (χ1n) is 6.62. The average Bonchev–Trinajstić information content (AvgIpc) is 2.40. The van der Waals surface area contributed by atoms with Gasteiger partial charge in [0.2, 0.25) is 5.91 Å². The fourth-order valence-corrected chi connectivity index (χ4v) is 2.07. The summed E-state index contributed by atoms with van der Waals surface area (Å²) in [5, 5.41) is 12.7. The molecule has 1 rings (SSSR count). The molecule has 0 spiro atoms. The molecule has 1 unspecified atom stereocenters. The molecule has 1 amide bonds. The van der Waals surface area contributed by atoms with E-state index in [9.17, 15) is 9.90 Å². The van der Waals surface area contributed by atoms with Crippen LogP contribution in [0.25, 0.3) is 0 Å². The van der Waals surface area contributed by atoms with Crippen molar-refractivity contribution in [2.75, 3.05) is 44.9 Å². The Morgan fingerprint density at radius 3 is 2.90 bits per heavy atom. The Morgan fingerprint density at radius 2 is 2.29 bits per heavy atom. The molecule has 0 aliphatic carbocycles. The highest BCUT2D eigenvalue weighted by Crippen LogP contribution is 2.24. The van der Waals surface area contributed by atoms with E-state index in [1.807, 2.05) is 11.9 Å². The Balaban J connectivity index is 2.37. The molecule has 0 aromatic heterocycles. The van der Waals surface area contributed by atoms with Crippen LogP contribution >= 0.6 is 11.6 Å². The zero-order valence-corrected chi connectivity index (χ0v) is 13.1. The number of nitrogen functional groups attached to an aromatic ring is 1. The fraction of sp³-hybridized carbons (Fsp3) is 0.500. The number of halogens is 1. The average molecular weight is 316 g/mol. The first-order valence-corrected chi connectivity index (χ1v) is 7.00. The molecular formula is C14H22ClN3O3. The van der Waals surface area contributed by atoms with Crippen LogP contribution in [0.4, 0.5) is 11.4 Å². The first-order chi connectivity index (χ1) is 9.92. The number of aliphatic hydroxyl groups excluding tert-OH is 1. The maximum Gasteiger partial charge on any atom is 0.225 e. The summed E-state index contributed by atoms with van der Waals surface area (Å²) in [5.74, 6) is -0.144. The summed E-state index contributed by atoms with van der Waals surface area (Å²) in [6.45, 7) is 1.25. The van der Waals surface area contributed by atoms with Gasteiger partial charge in [-0.05, 0) is 25.2 Å². The molecule has 1 aromatic rings. The number of amides is 1. The Kier molecular flexibility index (Phi) is 7.45. The predicted octanol–water partition coefficient (Wildman–Crippen LogP) is 1.19. The van der Waals surface area contributed by atoms with Gasteiger partial charge in [0.05, 0.1) is 23.4 Å². The SMILES string of the molecule is COCC(O)CN(C)CCC(=O)Nc1ccc(N)cc1Cl. The zero-order valence-electron chi connectivity index (χ0n) is 12.3. The number of nitrogens with one attached hydrogen (secondary N) is 1. The van der Waals surface area contributed by atoms with Crippen molar-refractivity contribution in [1.29, 1.82) is 0 Å². The smallest absolute Gasteiger partial charge is 0.225 e. The van der Waals surface area contributed by atoms with Crippen molar-refractivity contribution in [1.82, 2.24) is 4.90 Å². The molecule has 21 heavy (non-hydrogen) atoms. The minimum atomic E-state index is -0.561. The summed E-state index contributed by atoms with van der Waals surface area (Å²) in [5.41, 5.74) is 6.68. The van der Waals surface area contributed by atoms with Gasteiger partial charge < -0.3 is 25.8 Å². The third-order valence-corrected chi connectivity index (χ3v) is 3.18. The van der Waals surface area contributed by atoms with Gasteiger partial charge in [0.15, 0.2) is 0 Å². The number of likely N-dealkylation sites (N-methyl/N-ethyl adjacent to an activating group) is 1. The van der Waals surface area contributed by atoms with Crippen LogP contribution in [0.15, 0.2) is 18.2 Å². The number of hydrogen-bond acceptors (Lipinski definition) is 5. The molecule has 0 aliphatic heterocycles. The summed E-state index contributed by atoms with van der Waals surface area (Å²) in [4.78, 5) is 13.7. The van der Waals surface area contributed by atoms with E-state index in [2.05, 4.69) is 5.32 Å². The number of nitrogens with two attached hydrogens (primary N) is 1. The third-order valence-electron chi connectivity index (χ3n) is 2.87. The Labute approximate surface area is 129 Å². The van der Waals surface area contributed by atoms with Crippen molar-refractivity contribution in [3.05, 3.63) is 23.2 Å². The number of carbonyl (C=O) groups is 1. The Morgan fingerprint density at radius 1 is 1.57 bits per heavy atom. The fourth-order valence-electron chi connectivity index (χ4n) is 1.83. The lowest BCUT2D eigenvalue weighted by molar-refractivity contribution is -0.116. The van der Waals surface area contributed by atoms with E-state index in [-0.39, 0.29) is 12.5 Å². The van der Waals surface area contributed by atoms with Crippen molar-refractivity contribution in [3.8, 4) is 0 Å². The Hall–Kier alpha value is -1.34. The van der Waals surface area contributed by atoms with E-state index >= 15 is 0 Å². The number of carbonyl (C=O) groups excluding carboxylic acids is 1. The van der Waals surface area contributed by atoms with Crippen LogP contribution in [0.2, 0.25) is 5.02 Å². The maximum absolute atomic E-state index is 11.9. The molecular weight excluding hydrogens is 294 g/mol. The summed E-state index contributed by atoms with van der Waals surface area (Å²) in [6.07, 6.45) is -0.258. The molecule has 118 valence electrons. The largest absolute Gasteiger partial charge is 0.399 e. The minimum Gasteiger partial charge on any atom is -0.399 e. The second-order valence-corrected chi connectivity index (χ2v) is 5.32. The van der Waals surface area contributed by atoms with Crippen LogP contribution < -0.4 is 11.1 Å². The highest BCUT2D eigenvalue weighted by molar-refractivity contribution is 6.34. The molecule has 0 aliphatic rings. The lowest BCUT2D eigenvalue weighted by atomic mass is 10.2. The highest BCUT2D eigenvalue weighted by atomic mass is 35.5. The molecule has 0 saturated heterocycles. The van der Waals surface area contributed by atoms with Gasteiger partial charge in [-0.25, -0.2) is 0 Å². The van der Waals surface area contributed by atoms with E-state index < -0.39 is 6.10 Å². The number of benzene rings is 1. The summed E-state index contributed by atoms with van der Waals surface area (Å²) in [7, 11) is 3.37. The van der Waals surface area contributed by atoms with E-state index in [1.54, 1.807) is 18.2 Å². The predicted molar refractivity (Wildman–Crippen MR) is 84.5 cm³/mol. The van der Waals surface area contributed by atoms with Gasteiger partial charge >= 0.3 is 0 Å². The lowest BCUT2D eigenvalue weighted by Crippen LogP contribution is -2.33. The van der Waals surface area contributed by atoms with E-state index in [1.165, 1.54) is 7.11 Å². The summed E-state index contributed by atoms with van der Waals surface area (Å²) >= 11 is 5.99. The molecule has 1 atom stereocenters. The molecule has 7 heteroatoms. The minimum absolute atomic E-state index is 0.144. The van der Waals surface area contributed by atoms with Crippen molar-refractivity contribution in [2.45, 2.75) is 12.5 Å². The molecule has 0 fully saturated rings. The van der Waals surface area contributed by atoms with Crippen LogP contribution in [0, 0.1) is 0 Å². The number of anilines is 2. The molecule has 6 nitrogen and oxygen atoms in total. The maximum atomic E-state index is 11.9. The van der Waals surface area contributed by atoms with E-state index in [0.717, 1.165) is 0 Å². The van der Waals surface area contributed by atoms with Crippen LogP contribution in [0.3, 0.4) is 0 Å². The van der Waals surface area contributed by atoms with Gasteiger partial charge in [-0.15, -0.1) is 0 Å². The monoisotopic (exact) mass is 315 g/mol. The standard InChI is InChI=1S/C14H22ClN3O3/c1-18(8-11(19)9-21-2)6-5-14(20)17-13-4-3-10(16)7-12(13)15/h3-4,7,11,19H,5-6,8-9,16H2,1-2H3,(H,17,20). The van der Waals surface area contributed by atoms with E-state index in [0.29, 0.717) is 35.9 Å². The van der Waals surface area contributed by atoms with Gasteiger partial charge in [0.1, 0.15) is 0 Å². The van der Waals surface area contributed by atoms with Crippen LogP contribution in [0.1, 0.15) is 6.42 Å². The van der Waals surface area contributed by atoms with Crippen LogP contribution in [0.5, 0.6) is 0 Å².